The monoisotopic (exact) mass is 334 g/mol. The Bertz CT molecular complexity index is 545. The van der Waals surface area contributed by atoms with E-state index in [9.17, 15) is 5.11 Å². The molecule has 4 heteroatoms. The lowest BCUT2D eigenvalue weighted by Crippen LogP contribution is -2.27. The Labute approximate surface area is 127 Å². The summed E-state index contributed by atoms with van der Waals surface area (Å²) in [5.41, 5.74) is 8.98. The summed E-state index contributed by atoms with van der Waals surface area (Å²) < 4.78 is 0.987. The molecule has 0 saturated heterocycles. The van der Waals surface area contributed by atoms with Crippen molar-refractivity contribution in [3.05, 3.63) is 64.1 Å². The van der Waals surface area contributed by atoms with E-state index in [1.54, 1.807) is 0 Å². The highest BCUT2D eigenvalue weighted by molar-refractivity contribution is 9.10. The van der Waals surface area contributed by atoms with Gasteiger partial charge in [0.1, 0.15) is 0 Å². The molecule has 0 spiro atoms. The molecule has 1 atom stereocenters. The second-order valence-electron chi connectivity index (χ2n) is 4.68. The molecule has 2 aromatic carbocycles. The van der Waals surface area contributed by atoms with E-state index in [0.29, 0.717) is 6.54 Å². The Morgan fingerprint density at radius 1 is 1.10 bits per heavy atom. The maximum absolute atomic E-state index is 9.58. The van der Waals surface area contributed by atoms with Crippen LogP contribution in [0.5, 0.6) is 0 Å². The second-order valence-corrected chi connectivity index (χ2v) is 5.54. The number of nitrogens with one attached hydrogen (secondary N) is 1. The van der Waals surface area contributed by atoms with E-state index in [2.05, 4.69) is 33.4 Å². The molecule has 0 aliphatic heterocycles. The Balaban J connectivity index is 2.12. The van der Waals surface area contributed by atoms with Gasteiger partial charge in [0.2, 0.25) is 0 Å². The average Bonchev–Trinajstić information content (AvgIpc) is 2.48. The fourth-order valence-electron chi connectivity index (χ4n) is 2.18. The van der Waals surface area contributed by atoms with E-state index in [4.69, 9.17) is 5.73 Å². The third-order valence-corrected chi connectivity index (χ3v) is 3.97. The maximum atomic E-state index is 9.58. The summed E-state index contributed by atoms with van der Waals surface area (Å²) in [6.45, 7) is 0.526. The van der Waals surface area contributed by atoms with Gasteiger partial charge in [-0.1, -0.05) is 52.3 Å². The molecule has 0 saturated carbocycles. The van der Waals surface area contributed by atoms with Gasteiger partial charge in [-0.05, 0) is 24.1 Å². The molecule has 2 rings (SSSR count). The van der Waals surface area contributed by atoms with Gasteiger partial charge in [0.05, 0.1) is 12.6 Å². The van der Waals surface area contributed by atoms with Crippen molar-refractivity contribution in [2.24, 2.45) is 5.73 Å². The van der Waals surface area contributed by atoms with Crippen molar-refractivity contribution in [2.75, 3.05) is 11.9 Å². The number of halogens is 1. The van der Waals surface area contributed by atoms with Crippen LogP contribution in [0.3, 0.4) is 0 Å². The van der Waals surface area contributed by atoms with Crippen molar-refractivity contribution in [1.29, 1.82) is 0 Å². The molecule has 0 bridgehead atoms. The number of nitrogens with two attached hydrogens (primary N) is 1. The van der Waals surface area contributed by atoms with Crippen molar-refractivity contribution in [3.8, 4) is 0 Å². The molecule has 4 N–H and O–H groups in total. The third-order valence-electron chi connectivity index (χ3n) is 3.23. The molecule has 20 heavy (non-hydrogen) atoms. The molecular weight excluding hydrogens is 316 g/mol. The van der Waals surface area contributed by atoms with Gasteiger partial charge < -0.3 is 16.2 Å². The molecular formula is C16H19BrN2O. The van der Waals surface area contributed by atoms with Gasteiger partial charge in [-0.2, -0.15) is 0 Å². The van der Waals surface area contributed by atoms with Gasteiger partial charge in [-0.25, -0.2) is 0 Å². The van der Waals surface area contributed by atoms with Crippen molar-refractivity contribution in [3.63, 3.8) is 0 Å². The van der Waals surface area contributed by atoms with Gasteiger partial charge >= 0.3 is 0 Å². The smallest absolute Gasteiger partial charge is 0.0636 e. The number of aliphatic hydroxyl groups is 1. The first-order valence-electron chi connectivity index (χ1n) is 6.63. The lowest BCUT2D eigenvalue weighted by Gasteiger charge is -2.20. The summed E-state index contributed by atoms with van der Waals surface area (Å²) in [7, 11) is 0. The standard InChI is InChI=1S/C16H19BrN2O/c17-15-7-4-8-16(14(15)10-18)19-13(11-20)9-12-5-2-1-3-6-12/h1-8,13,19-20H,9-11,18H2. The Hall–Kier alpha value is -1.36. The topological polar surface area (TPSA) is 58.3 Å². The third kappa shape index (κ3) is 3.82. The van der Waals surface area contributed by atoms with Crippen LogP contribution >= 0.6 is 15.9 Å². The molecule has 0 amide bonds. The fourth-order valence-corrected chi connectivity index (χ4v) is 2.71. The van der Waals surface area contributed by atoms with Crippen molar-refractivity contribution in [2.45, 2.75) is 19.0 Å². The van der Waals surface area contributed by atoms with Crippen LogP contribution in [0.15, 0.2) is 53.0 Å². The van der Waals surface area contributed by atoms with Crippen LogP contribution in [0, 0.1) is 0 Å². The van der Waals surface area contributed by atoms with Gasteiger partial charge in [0.15, 0.2) is 0 Å². The molecule has 2 aromatic rings. The number of hydrogen-bond acceptors (Lipinski definition) is 3. The minimum Gasteiger partial charge on any atom is -0.394 e. The SMILES string of the molecule is NCc1c(Br)cccc1NC(CO)Cc1ccccc1. The van der Waals surface area contributed by atoms with Gasteiger partial charge in [0.25, 0.3) is 0 Å². The first kappa shape index (κ1) is 15.0. The van der Waals surface area contributed by atoms with E-state index < -0.39 is 0 Å². The summed E-state index contributed by atoms with van der Waals surface area (Å²) in [5, 5.41) is 13.0. The number of rotatable bonds is 6. The van der Waals surface area contributed by atoms with Crippen LogP contribution < -0.4 is 11.1 Å². The Morgan fingerprint density at radius 3 is 2.50 bits per heavy atom. The summed E-state index contributed by atoms with van der Waals surface area (Å²) in [6.07, 6.45) is 0.772. The second kappa shape index (κ2) is 7.43. The van der Waals surface area contributed by atoms with Crippen molar-refractivity contribution >= 4 is 21.6 Å². The van der Waals surface area contributed by atoms with E-state index in [1.807, 2.05) is 36.4 Å². The lowest BCUT2D eigenvalue weighted by molar-refractivity contribution is 0.273. The predicted octanol–water partition coefficient (Wildman–Crippen LogP) is 2.92. The highest BCUT2D eigenvalue weighted by Crippen LogP contribution is 2.25. The van der Waals surface area contributed by atoms with Crippen LogP contribution in [0.1, 0.15) is 11.1 Å². The van der Waals surface area contributed by atoms with Gasteiger partial charge in [0, 0.05) is 22.3 Å². The van der Waals surface area contributed by atoms with E-state index >= 15 is 0 Å². The molecule has 0 aliphatic carbocycles. The molecule has 0 radical (unpaired) electrons. The summed E-state index contributed by atoms with van der Waals surface area (Å²) in [4.78, 5) is 0. The average molecular weight is 335 g/mol. The van der Waals surface area contributed by atoms with Crippen LogP contribution in [0.4, 0.5) is 5.69 Å². The number of hydrogen-bond donors (Lipinski definition) is 3. The molecule has 3 nitrogen and oxygen atoms in total. The van der Waals surface area contributed by atoms with Crippen LogP contribution in [-0.4, -0.2) is 17.8 Å². The molecule has 0 fully saturated rings. The summed E-state index contributed by atoms with van der Waals surface area (Å²) >= 11 is 3.50. The van der Waals surface area contributed by atoms with E-state index in [-0.39, 0.29) is 12.6 Å². The van der Waals surface area contributed by atoms with Crippen LogP contribution in [-0.2, 0) is 13.0 Å². The number of benzene rings is 2. The quantitative estimate of drug-likeness (QED) is 0.761. The fraction of sp³-hybridized carbons (Fsp3) is 0.250. The minimum atomic E-state index is -0.0306. The highest BCUT2D eigenvalue weighted by Gasteiger charge is 2.11. The largest absolute Gasteiger partial charge is 0.394 e. The molecule has 0 aromatic heterocycles. The zero-order valence-corrected chi connectivity index (χ0v) is 12.8. The minimum absolute atomic E-state index is 0.0306. The summed E-state index contributed by atoms with van der Waals surface area (Å²) in [6, 6.07) is 16.0. The molecule has 1 unspecified atom stereocenters. The highest BCUT2D eigenvalue weighted by atomic mass is 79.9. The van der Waals surface area contributed by atoms with E-state index in [0.717, 1.165) is 22.1 Å². The number of anilines is 1. The molecule has 0 heterocycles. The Morgan fingerprint density at radius 2 is 1.85 bits per heavy atom. The number of aliphatic hydroxyl groups excluding tert-OH is 1. The summed E-state index contributed by atoms with van der Waals surface area (Å²) in [5.74, 6) is 0. The first-order chi connectivity index (χ1) is 9.74. The van der Waals surface area contributed by atoms with Crippen molar-refractivity contribution < 1.29 is 5.11 Å². The first-order valence-corrected chi connectivity index (χ1v) is 7.42. The van der Waals surface area contributed by atoms with Crippen LogP contribution in [0.25, 0.3) is 0 Å². The normalized spacial score (nSPS) is 12.2. The van der Waals surface area contributed by atoms with Crippen LogP contribution in [0.2, 0.25) is 0 Å². The molecule has 0 aliphatic rings. The zero-order valence-electron chi connectivity index (χ0n) is 11.2. The lowest BCUT2D eigenvalue weighted by atomic mass is 10.1. The Kier molecular flexibility index (Phi) is 5.59. The van der Waals surface area contributed by atoms with E-state index in [1.165, 1.54) is 5.56 Å². The maximum Gasteiger partial charge on any atom is 0.0636 e. The predicted molar refractivity (Wildman–Crippen MR) is 86.7 cm³/mol. The van der Waals surface area contributed by atoms with Gasteiger partial charge in [-0.3, -0.25) is 0 Å². The zero-order chi connectivity index (χ0) is 14.4. The van der Waals surface area contributed by atoms with Gasteiger partial charge in [-0.15, -0.1) is 0 Å². The van der Waals surface area contributed by atoms with Crippen molar-refractivity contribution in [1.82, 2.24) is 0 Å². The molecule has 106 valence electrons.